The zero-order chi connectivity index (χ0) is 14.7. The van der Waals surface area contributed by atoms with Crippen molar-refractivity contribution in [2.24, 2.45) is 0 Å². The van der Waals surface area contributed by atoms with Gasteiger partial charge >= 0.3 is 5.97 Å². The van der Waals surface area contributed by atoms with Gasteiger partial charge in [0.05, 0.1) is 17.7 Å². The van der Waals surface area contributed by atoms with Crippen LogP contribution in [0.1, 0.15) is 16.6 Å². The van der Waals surface area contributed by atoms with Gasteiger partial charge in [0.1, 0.15) is 9.88 Å². The molecule has 0 fully saturated rings. The second kappa shape index (κ2) is 6.20. The molecule has 21 heavy (non-hydrogen) atoms. The number of thiophene rings is 1. The van der Waals surface area contributed by atoms with E-state index in [2.05, 4.69) is 23.2 Å². The summed E-state index contributed by atoms with van der Waals surface area (Å²) in [5, 5.41) is 0.852. The number of hydrogen-bond donors (Lipinski definition) is 0. The molecular formula is C16H13NO2S2. The van der Waals surface area contributed by atoms with Crippen molar-refractivity contribution in [3.63, 3.8) is 0 Å². The van der Waals surface area contributed by atoms with Gasteiger partial charge in [0.15, 0.2) is 0 Å². The molecule has 0 saturated heterocycles. The van der Waals surface area contributed by atoms with E-state index in [4.69, 9.17) is 4.74 Å². The van der Waals surface area contributed by atoms with Crippen molar-refractivity contribution < 1.29 is 9.53 Å². The summed E-state index contributed by atoms with van der Waals surface area (Å²) in [4.78, 5) is 18.8. The first-order valence-electron chi connectivity index (χ1n) is 6.56. The Balaban J connectivity index is 1.85. The quantitative estimate of drug-likeness (QED) is 0.654. The highest BCUT2D eigenvalue weighted by molar-refractivity contribution is 7.24. The first-order valence-corrected chi connectivity index (χ1v) is 8.20. The standard InChI is InChI=1S/C16H13NO2S2/c1-2-19-16(18)14-10-17-15(21-14)13-9-8-12(20-13)11-6-4-3-5-7-11/h3-10H,2H2,1H3. The summed E-state index contributed by atoms with van der Waals surface area (Å²) in [6, 6.07) is 14.4. The predicted molar refractivity (Wildman–Crippen MR) is 86.8 cm³/mol. The van der Waals surface area contributed by atoms with Crippen LogP contribution in [0.3, 0.4) is 0 Å². The molecule has 0 aliphatic heterocycles. The lowest BCUT2D eigenvalue weighted by atomic mass is 10.2. The van der Waals surface area contributed by atoms with Crippen LogP contribution in [-0.2, 0) is 4.74 Å². The number of rotatable bonds is 4. The molecule has 106 valence electrons. The van der Waals surface area contributed by atoms with Gasteiger partial charge in [-0.2, -0.15) is 0 Å². The van der Waals surface area contributed by atoms with Crippen molar-refractivity contribution in [1.29, 1.82) is 0 Å². The van der Waals surface area contributed by atoms with E-state index >= 15 is 0 Å². The second-order valence-corrected chi connectivity index (χ2v) is 6.39. The maximum absolute atomic E-state index is 11.7. The molecule has 3 nitrogen and oxygen atoms in total. The summed E-state index contributed by atoms with van der Waals surface area (Å²) < 4.78 is 4.99. The Hall–Kier alpha value is -1.98. The normalized spacial score (nSPS) is 10.5. The van der Waals surface area contributed by atoms with E-state index in [0.717, 1.165) is 9.88 Å². The first kappa shape index (κ1) is 14.0. The third-order valence-corrected chi connectivity index (χ3v) is 5.14. The molecule has 0 bridgehead atoms. The molecule has 0 saturated carbocycles. The molecule has 3 rings (SSSR count). The maximum Gasteiger partial charge on any atom is 0.349 e. The minimum atomic E-state index is -0.305. The molecule has 3 aromatic rings. The predicted octanol–water partition coefficient (Wildman–Crippen LogP) is 4.72. The third kappa shape index (κ3) is 3.04. The lowest BCUT2D eigenvalue weighted by molar-refractivity contribution is 0.0532. The number of aromatic nitrogens is 1. The molecule has 0 N–H and O–H groups in total. The SMILES string of the molecule is CCOC(=O)c1cnc(-c2ccc(-c3ccccc3)s2)s1. The number of esters is 1. The van der Waals surface area contributed by atoms with E-state index in [9.17, 15) is 4.79 Å². The fraction of sp³-hybridized carbons (Fsp3) is 0.125. The van der Waals surface area contributed by atoms with Crippen LogP contribution in [0.4, 0.5) is 0 Å². The van der Waals surface area contributed by atoms with Crippen LogP contribution in [0, 0.1) is 0 Å². The Morgan fingerprint density at radius 3 is 2.62 bits per heavy atom. The van der Waals surface area contributed by atoms with E-state index in [1.165, 1.54) is 21.8 Å². The average molecular weight is 315 g/mol. The highest BCUT2D eigenvalue weighted by Gasteiger charge is 2.14. The summed E-state index contributed by atoms with van der Waals surface area (Å²) in [5.74, 6) is -0.305. The lowest BCUT2D eigenvalue weighted by Gasteiger charge is -1.96. The molecule has 0 aliphatic rings. The first-order chi connectivity index (χ1) is 10.3. The number of carbonyl (C=O) groups excluding carboxylic acids is 1. The van der Waals surface area contributed by atoms with Crippen LogP contribution in [0.5, 0.6) is 0 Å². The van der Waals surface area contributed by atoms with Gasteiger partial charge in [0.25, 0.3) is 0 Å². The zero-order valence-corrected chi connectivity index (χ0v) is 13.0. The van der Waals surface area contributed by atoms with Crippen LogP contribution >= 0.6 is 22.7 Å². The smallest absolute Gasteiger partial charge is 0.349 e. The number of carbonyl (C=O) groups is 1. The fourth-order valence-corrected chi connectivity index (χ4v) is 3.78. The van der Waals surface area contributed by atoms with Gasteiger partial charge in [0, 0.05) is 4.88 Å². The summed E-state index contributed by atoms with van der Waals surface area (Å²) in [6.07, 6.45) is 1.58. The number of benzene rings is 1. The molecule has 1 aromatic carbocycles. The van der Waals surface area contributed by atoms with Crippen molar-refractivity contribution in [2.75, 3.05) is 6.61 Å². The number of thiazole rings is 1. The van der Waals surface area contributed by atoms with E-state index in [1.807, 2.05) is 24.3 Å². The van der Waals surface area contributed by atoms with E-state index < -0.39 is 0 Å². The Morgan fingerprint density at radius 2 is 1.86 bits per heavy atom. The average Bonchev–Trinajstić information content (AvgIpc) is 3.17. The summed E-state index contributed by atoms with van der Waals surface area (Å²) in [5.41, 5.74) is 1.19. The van der Waals surface area contributed by atoms with Gasteiger partial charge in [-0.3, -0.25) is 0 Å². The highest BCUT2D eigenvalue weighted by Crippen LogP contribution is 2.36. The molecule has 0 atom stereocenters. The third-order valence-electron chi connectivity index (χ3n) is 2.86. The number of hydrogen-bond acceptors (Lipinski definition) is 5. The van der Waals surface area contributed by atoms with Gasteiger partial charge < -0.3 is 4.74 Å². The molecule has 0 unspecified atom stereocenters. The molecule has 0 aliphatic carbocycles. The zero-order valence-electron chi connectivity index (χ0n) is 11.4. The van der Waals surface area contributed by atoms with Crippen LogP contribution in [-0.4, -0.2) is 17.6 Å². The van der Waals surface area contributed by atoms with Crippen LogP contribution in [0.15, 0.2) is 48.7 Å². The molecule has 2 aromatic heterocycles. The minimum Gasteiger partial charge on any atom is -0.462 e. The molecule has 0 spiro atoms. The van der Waals surface area contributed by atoms with Crippen molar-refractivity contribution in [1.82, 2.24) is 4.98 Å². The van der Waals surface area contributed by atoms with E-state index in [0.29, 0.717) is 11.5 Å². The highest BCUT2D eigenvalue weighted by atomic mass is 32.1. The van der Waals surface area contributed by atoms with Crippen LogP contribution in [0.25, 0.3) is 20.3 Å². The molecule has 2 heterocycles. The number of ether oxygens (including phenoxy) is 1. The Labute approximate surface area is 130 Å². The van der Waals surface area contributed by atoms with Gasteiger partial charge in [-0.05, 0) is 24.6 Å². The Bertz CT molecular complexity index is 746. The number of nitrogens with zero attached hydrogens (tertiary/aromatic N) is 1. The van der Waals surface area contributed by atoms with Gasteiger partial charge in [-0.1, -0.05) is 30.3 Å². The van der Waals surface area contributed by atoms with Gasteiger partial charge in [-0.15, -0.1) is 22.7 Å². The second-order valence-electron chi connectivity index (χ2n) is 4.28. The Morgan fingerprint density at radius 1 is 1.10 bits per heavy atom. The molecule has 0 amide bonds. The molecule has 5 heteroatoms. The van der Waals surface area contributed by atoms with E-state index in [1.54, 1.807) is 24.5 Å². The fourth-order valence-electron chi connectivity index (χ4n) is 1.90. The Kier molecular flexibility index (Phi) is 4.13. The van der Waals surface area contributed by atoms with Crippen molar-refractivity contribution in [3.05, 3.63) is 53.5 Å². The van der Waals surface area contributed by atoms with Crippen molar-refractivity contribution in [2.45, 2.75) is 6.92 Å². The monoisotopic (exact) mass is 315 g/mol. The molecule has 0 radical (unpaired) electrons. The van der Waals surface area contributed by atoms with Gasteiger partial charge in [0.2, 0.25) is 0 Å². The topological polar surface area (TPSA) is 39.2 Å². The van der Waals surface area contributed by atoms with Gasteiger partial charge in [-0.25, -0.2) is 9.78 Å². The van der Waals surface area contributed by atoms with E-state index in [-0.39, 0.29) is 5.97 Å². The van der Waals surface area contributed by atoms with Crippen LogP contribution in [0.2, 0.25) is 0 Å². The maximum atomic E-state index is 11.7. The van der Waals surface area contributed by atoms with Crippen molar-refractivity contribution >= 4 is 28.6 Å². The minimum absolute atomic E-state index is 0.305. The summed E-state index contributed by atoms with van der Waals surface area (Å²) in [6.45, 7) is 2.18. The largest absolute Gasteiger partial charge is 0.462 e. The molecular weight excluding hydrogens is 302 g/mol. The lowest BCUT2D eigenvalue weighted by Crippen LogP contribution is -2.01. The van der Waals surface area contributed by atoms with Crippen molar-refractivity contribution in [3.8, 4) is 20.3 Å². The summed E-state index contributed by atoms with van der Waals surface area (Å²) in [7, 11) is 0. The van der Waals surface area contributed by atoms with Crippen LogP contribution < -0.4 is 0 Å². The summed E-state index contributed by atoms with van der Waals surface area (Å²) >= 11 is 3.04.